The van der Waals surface area contributed by atoms with Crippen LogP contribution in [0.5, 0.6) is 0 Å². The van der Waals surface area contributed by atoms with Gasteiger partial charge >= 0.3 is 311 Å². The van der Waals surface area contributed by atoms with Crippen LogP contribution in [0.1, 0.15) is 57.1 Å². The van der Waals surface area contributed by atoms with Crippen molar-refractivity contribution in [3.63, 3.8) is 0 Å². The molecule has 2 unspecified atom stereocenters. The molecule has 0 spiro atoms. The fourth-order valence-corrected chi connectivity index (χ4v) is 12.5. The summed E-state index contributed by atoms with van der Waals surface area (Å²) in [6, 6.07) is 53.1. The third-order valence-corrected chi connectivity index (χ3v) is 14.2. The van der Waals surface area contributed by atoms with E-state index in [9.17, 15) is 0 Å². The Labute approximate surface area is 333 Å². The molecule has 0 bridgehead atoms. The Kier molecular flexibility index (Phi) is 9.54. The maximum Gasteiger partial charge on any atom is -1.00 e. The van der Waals surface area contributed by atoms with Crippen LogP contribution in [0, 0.1) is 13.8 Å². The molecule has 256 valence electrons. The largest absolute Gasteiger partial charge is 1.00 e. The van der Waals surface area contributed by atoms with E-state index in [1.54, 1.807) is 0 Å². The van der Waals surface area contributed by atoms with Crippen LogP contribution < -0.4 is 24.8 Å². The number of rotatable bonds is 6. The molecule has 0 fully saturated rings. The molecule has 2 aliphatic carbocycles. The van der Waals surface area contributed by atoms with E-state index in [-0.39, 0.29) is 36.6 Å². The van der Waals surface area contributed by atoms with Gasteiger partial charge in [-0.05, 0) is 0 Å². The zero-order valence-electron chi connectivity index (χ0n) is 29.2. The van der Waals surface area contributed by atoms with Crippen LogP contribution in [-0.2, 0) is 23.2 Å². The fraction of sp³-hybridized carbons (Fsp3) is 0.0833. The van der Waals surface area contributed by atoms with Crippen molar-refractivity contribution in [2.75, 3.05) is 0 Å². The van der Waals surface area contributed by atoms with Crippen molar-refractivity contribution in [3.8, 4) is 22.3 Å². The summed E-state index contributed by atoms with van der Waals surface area (Å²) in [5.41, 5.74) is 10.4. The Balaban J connectivity index is 0.00000200. The molecule has 2 aromatic heterocycles. The molecule has 0 N–H and O–H groups in total. The van der Waals surface area contributed by atoms with Gasteiger partial charge in [-0.3, -0.25) is 0 Å². The zero-order chi connectivity index (χ0) is 34.1. The van der Waals surface area contributed by atoms with Crippen molar-refractivity contribution in [3.05, 3.63) is 197 Å². The molecule has 5 heteroatoms. The minimum absolute atomic E-state index is 0. The number of hydrogen-bond donors (Lipinski definition) is 0. The Morgan fingerprint density at radius 1 is 0.415 bits per heavy atom. The van der Waals surface area contributed by atoms with Crippen molar-refractivity contribution in [2.24, 2.45) is 0 Å². The predicted molar refractivity (Wildman–Crippen MR) is 205 cm³/mol. The second-order valence-corrected chi connectivity index (χ2v) is 17.2. The van der Waals surface area contributed by atoms with Gasteiger partial charge in [0.1, 0.15) is 0 Å². The average molecular weight is 805 g/mol. The maximum atomic E-state index is 6.48. The van der Waals surface area contributed by atoms with E-state index in [0.29, 0.717) is 0 Å². The number of aryl methyl sites for hydroxylation is 2. The standard InChI is InChI=1S/2C24H17O.2ClH.Zr/c2*1-16-12-15-24(25-16)23-14-13-22-20(10-5-11-21(22)23)19-9-4-7-17-6-2-3-8-18(17)19;;;/h2*2-13,15,23H,1H3;2*1H;/q;;;;+2/p-2. The summed E-state index contributed by atoms with van der Waals surface area (Å²) in [7, 11) is 0. The summed E-state index contributed by atoms with van der Waals surface area (Å²) in [4.78, 5) is 0. The molecule has 8 aromatic rings. The first kappa shape index (κ1) is 35.4. The van der Waals surface area contributed by atoms with E-state index in [1.165, 1.54) is 72.6 Å². The monoisotopic (exact) mass is 802 g/mol. The first-order valence-corrected chi connectivity index (χ1v) is 20.1. The molecule has 0 amide bonds. The van der Waals surface area contributed by atoms with Crippen molar-refractivity contribution < 1.29 is 56.9 Å². The van der Waals surface area contributed by atoms with E-state index < -0.39 is 23.2 Å². The summed E-state index contributed by atoms with van der Waals surface area (Å²) in [6.45, 7) is 4.10. The average Bonchev–Trinajstić information content (AvgIpc) is 3.95. The van der Waals surface area contributed by atoms with Crippen molar-refractivity contribution in [1.29, 1.82) is 0 Å². The molecule has 2 heterocycles. The van der Waals surface area contributed by atoms with Gasteiger partial charge in [-0.25, -0.2) is 0 Å². The Morgan fingerprint density at radius 2 is 0.811 bits per heavy atom. The van der Waals surface area contributed by atoms with Crippen LogP contribution in [-0.4, -0.2) is 0 Å². The van der Waals surface area contributed by atoms with Crippen LogP contribution in [0.4, 0.5) is 0 Å². The van der Waals surface area contributed by atoms with Gasteiger partial charge in [0, 0.05) is 0 Å². The molecule has 0 radical (unpaired) electrons. The van der Waals surface area contributed by atoms with Gasteiger partial charge in [-0.2, -0.15) is 0 Å². The molecule has 2 nitrogen and oxygen atoms in total. The van der Waals surface area contributed by atoms with Crippen molar-refractivity contribution in [2.45, 2.75) is 25.7 Å². The quantitative estimate of drug-likeness (QED) is 0.183. The Morgan fingerprint density at radius 3 is 1.25 bits per heavy atom. The second kappa shape index (κ2) is 14.3. The molecule has 0 aliphatic heterocycles. The van der Waals surface area contributed by atoms with Gasteiger partial charge in [0.15, 0.2) is 0 Å². The number of benzene rings is 6. The summed E-state index contributed by atoms with van der Waals surface area (Å²) >= 11 is -1.40. The predicted octanol–water partition coefficient (Wildman–Crippen LogP) is 6.89. The first-order chi connectivity index (χ1) is 25.1. The van der Waals surface area contributed by atoms with Gasteiger partial charge < -0.3 is 24.8 Å². The molecular weight excluding hydrogens is 771 g/mol. The van der Waals surface area contributed by atoms with Gasteiger partial charge in [0.25, 0.3) is 0 Å². The van der Waals surface area contributed by atoms with Crippen molar-refractivity contribution >= 4 is 33.7 Å². The molecule has 0 saturated carbocycles. The van der Waals surface area contributed by atoms with E-state index >= 15 is 0 Å². The van der Waals surface area contributed by atoms with Crippen LogP contribution in [0.25, 0.3) is 56.0 Å². The van der Waals surface area contributed by atoms with Crippen LogP contribution >= 0.6 is 0 Å². The van der Waals surface area contributed by atoms with Crippen molar-refractivity contribution in [1.82, 2.24) is 0 Å². The Bertz CT molecular complexity index is 2530. The molecule has 2 atom stereocenters. The fourth-order valence-electron chi connectivity index (χ4n) is 8.41. The molecule has 53 heavy (non-hydrogen) atoms. The van der Waals surface area contributed by atoms with E-state index in [2.05, 4.69) is 172 Å². The molecule has 2 aliphatic rings. The second-order valence-electron chi connectivity index (χ2n) is 13.8. The van der Waals surface area contributed by atoms with E-state index in [1.807, 2.05) is 0 Å². The minimum Gasteiger partial charge on any atom is -1.00 e. The van der Waals surface area contributed by atoms with Crippen LogP contribution in [0.2, 0.25) is 0 Å². The molecular formula is C48H34Cl2O2Zr. The third kappa shape index (κ3) is 6.00. The number of fused-ring (bicyclic) bond motifs is 4. The van der Waals surface area contributed by atoms with Gasteiger partial charge in [-0.15, -0.1) is 0 Å². The molecule has 10 rings (SSSR count). The van der Waals surface area contributed by atoms with E-state index in [4.69, 9.17) is 8.83 Å². The smallest absolute Gasteiger partial charge is 1.00 e. The van der Waals surface area contributed by atoms with Gasteiger partial charge in [-0.1, -0.05) is 0 Å². The zero-order valence-corrected chi connectivity index (χ0v) is 33.2. The Hall–Kier alpha value is -4.66. The topological polar surface area (TPSA) is 26.3 Å². The summed E-state index contributed by atoms with van der Waals surface area (Å²) in [6.07, 6.45) is 5.06. The summed E-state index contributed by atoms with van der Waals surface area (Å²) < 4.78 is 16.0. The first-order valence-electron chi connectivity index (χ1n) is 17.7. The maximum absolute atomic E-state index is 6.48. The minimum atomic E-state index is -1.40. The van der Waals surface area contributed by atoms with Crippen LogP contribution in [0.3, 0.4) is 0 Å². The third-order valence-electron chi connectivity index (χ3n) is 10.7. The number of allylic oxidation sites excluding steroid dienone is 2. The van der Waals surface area contributed by atoms with Crippen LogP contribution in [0.15, 0.2) is 161 Å². The number of hydrogen-bond acceptors (Lipinski definition) is 2. The summed E-state index contributed by atoms with van der Waals surface area (Å²) in [5, 5.41) is 5.08. The normalized spacial score (nSPS) is 15.6. The SMILES string of the molecule is Cc1ccc(C2[C]([Zr+2][C]3=Cc4c(-c5cccc6ccccc56)cccc4C3c3ccc(C)o3)=Cc3c(-c4cccc5ccccc45)cccc32)o1.[Cl-].[Cl-]. The van der Waals surface area contributed by atoms with Gasteiger partial charge in [0.05, 0.1) is 0 Å². The molecule has 0 saturated heterocycles. The molecule has 6 aromatic carbocycles. The number of furan rings is 2. The number of halogens is 2. The summed E-state index contributed by atoms with van der Waals surface area (Å²) in [5.74, 6) is 4.15. The van der Waals surface area contributed by atoms with Gasteiger partial charge in [0.2, 0.25) is 0 Å². The van der Waals surface area contributed by atoms with E-state index in [0.717, 1.165) is 23.0 Å².